The number of rotatable bonds is 2. The number of aryl methyl sites for hydroxylation is 3. The maximum Gasteiger partial charge on any atom is 0.213 e. The minimum atomic E-state index is 0.908. The minimum Gasteiger partial charge on any atom is -0.331 e. The molecule has 0 aliphatic heterocycles. The molecule has 0 saturated heterocycles. The second-order valence-corrected chi connectivity index (χ2v) is 4.99. The van der Waals surface area contributed by atoms with Gasteiger partial charge in [0.25, 0.3) is 0 Å². The van der Waals surface area contributed by atoms with Crippen LogP contribution in [-0.2, 0) is 20.5 Å². The minimum absolute atomic E-state index is 0.908. The second kappa shape index (κ2) is 4.50. The summed E-state index contributed by atoms with van der Waals surface area (Å²) in [5, 5.41) is 0. The Kier molecular flexibility index (Phi) is 2.82. The molecule has 0 bridgehead atoms. The molecule has 96 valence electrons. The fourth-order valence-corrected chi connectivity index (χ4v) is 2.47. The summed E-state index contributed by atoms with van der Waals surface area (Å²) in [6.07, 6.45) is 3.02. The molecule has 0 N–H and O–H groups in total. The van der Waals surface area contributed by atoms with Gasteiger partial charge >= 0.3 is 0 Å². The number of hydrogen-bond donors (Lipinski definition) is 0. The Hall–Kier alpha value is -2.16. The van der Waals surface area contributed by atoms with Crippen LogP contribution >= 0.6 is 0 Å². The lowest BCUT2D eigenvalue weighted by atomic mass is 10.1. The van der Waals surface area contributed by atoms with Crippen LogP contribution in [0.25, 0.3) is 11.0 Å². The van der Waals surface area contributed by atoms with Gasteiger partial charge in [-0.15, -0.1) is 0 Å². The lowest BCUT2D eigenvalue weighted by Crippen LogP contribution is -2.33. The Morgan fingerprint density at radius 3 is 2.63 bits per heavy atom. The van der Waals surface area contributed by atoms with E-state index in [0.29, 0.717) is 0 Å². The monoisotopic (exact) mass is 252 g/mol. The van der Waals surface area contributed by atoms with Crippen molar-refractivity contribution in [1.29, 1.82) is 0 Å². The molecule has 2 heterocycles. The zero-order valence-electron chi connectivity index (χ0n) is 11.6. The molecule has 3 aromatic rings. The van der Waals surface area contributed by atoms with Crippen molar-refractivity contribution in [2.75, 3.05) is 0 Å². The highest BCUT2D eigenvalue weighted by Gasteiger charge is 2.17. The van der Waals surface area contributed by atoms with Crippen molar-refractivity contribution < 1.29 is 4.57 Å². The number of imidazole rings is 1. The van der Waals surface area contributed by atoms with Crippen molar-refractivity contribution in [1.82, 2.24) is 9.55 Å². The van der Waals surface area contributed by atoms with Crippen LogP contribution in [0.4, 0.5) is 0 Å². The highest BCUT2D eigenvalue weighted by atomic mass is 15.1. The first-order chi connectivity index (χ1) is 9.16. The van der Waals surface area contributed by atoms with Crippen LogP contribution in [0.5, 0.6) is 0 Å². The van der Waals surface area contributed by atoms with Gasteiger partial charge < -0.3 is 4.57 Å². The van der Waals surface area contributed by atoms with Crippen LogP contribution in [-0.4, -0.2) is 9.55 Å². The predicted molar refractivity (Wildman–Crippen MR) is 75.9 cm³/mol. The highest BCUT2D eigenvalue weighted by Crippen LogP contribution is 2.18. The van der Waals surface area contributed by atoms with E-state index < -0.39 is 0 Å². The van der Waals surface area contributed by atoms with Crippen molar-refractivity contribution >= 4 is 11.0 Å². The third-order valence-electron chi connectivity index (χ3n) is 3.73. The van der Waals surface area contributed by atoms with E-state index in [4.69, 9.17) is 4.98 Å². The number of benzene rings is 1. The summed E-state index contributed by atoms with van der Waals surface area (Å²) in [4.78, 5) is 4.71. The third-order valence-corrected chi connectivity index (χ3v) is 3.73. The number of aromatic nitrogens is 3. The lowest BCUT2D eigenvalue weighted by molar-refractivity contribution is -0.677. The van der Waals surface area contributed by atoms with Gasteiger partial charge in [-0.1, -0.05) is 30.3 Å². The summed E-state index contributed by atoms with van der Waals surface area (Å²) in [5.74, 6) is 1.05. The summed E-state index contributed by atoms with van der Waals surface area (Å²) in [6.45, 7) is 2.05. The van der Waals surface area contributed by atoms with E-state index in [-0.39, 0.29) is 0 Å². The van der Waals surface area contributed by atoms with Crippen molar-refractivity contribution in [3.05, 3.63) is 59.7 Å². The molecule has 19 heavy (non-hydrogen) atoms. The van der Waals surface area contributed by atoms with Gasteiger partial charge in [-0.2, -0.15) is 0 Å². The highest BCUT2D eigenvalue weighted by molar-refractivity contribution is 5.77. The Morgan fingerprint density at radius 2 is 1.89 bits per heavy atom. The fourth-order valence-electron chi connectivity index (χ4n) is 2.47. The molecule has 3 rings (SSSR count). The number of pyridine rings is 1. The molecule has 0 saturated carbocycles. The number of fused-ring (bicyclic) bond motifs is 1. The molecule has 3 heteroatoms. The summed E-state index contributed by atoms with van der Waals surface area (Å²) < 4.78 is 4.31. The van der Waals surface area contributed by atoms with Crippen molar-refractivity contribution in [3.63, 3.8) is 0 Å². The van der Waals surface area contributed by atoms with Crippen LogP contribution in [0.3, 0.4) is 0 Å². The van der Waals surface area contributed by atoms with Gasteiger partial charge in [0, 0.05) is 13.1 Å². The molecule has 3 nitrogen and oxygen atoms in total. The Morgan fingerprint density at radius 1 is 1.16 bits per heavy atom. The summed E-state index contributed by atoms with van der Waals surface area (Å²) >= 11 is 0. The van der Waals surface area contributed by atoms with E-state index in [1.807, 2.05) is 6.92 Å². The number of nitrogens with zero attached hydrogens (tertiary/aromatic N) is 3. The van der Waals surface area contributed by atoms with Crippen molar-refractivity contribution in [2.45, 2.75) is 13.3 Å². The predicted octanol–water partition coefficient (Wildman–Crippen LogP) is 2.30. The van der Waals surface area contributed by atoms with E-state index in [9.17, 15) is 0 Å². The third kappa shape index (κ3) is 2.01. The van der Waals surface area contributed by atoms with Crippen LogP contribution in [0, 0.1) is 6.92 Å². The van der Waals surface area contributed by atoms with E-state index in [1.165, 1.54) is 16.8 Å². The van der Waals surface area contributed by atoms with Gasteiger partial charge in [-0.25, -0.2) is 9.55 Å². The Labute approximate surface area is 113 Å². The molecule has 0 aliphatic rings. The molecule has 0 unspecified atom stereocenters. The van der Waals surface area contributed by atoms with Crippen LogP contribution in [0.15, 0.2) is 42.6 Å². The molecule has 0 spiro atoms. The van der Waals surface area contributed by atoms with Crippen molar-refractivity contribution in [2.24, 2.45) is 14.1 Å². The molecule has 0 atom stereocenters. The van der Waals surface area contributed by atoms with Gasteiger partial charge in [-0.05, 0) is 12.5 Å². The maximum atomic E-state index is 4.71. The summed E-state index contributed by atoms with van der Waals surface area (Å²) in [6, 6.07) is 12.7. The first kappa shape index (κ1) is 11.9. The molecule has 0 radical (unpaired) electrons. The van der Waals surface area contributed by atoms with Crippen molar-refractivity contribution in [3.8, 4) is 0 Å². The first-order valence-electron chi connectivity index (χ1n) is 6.51. The largest absolute Gasteiger partial charge is 0.331 e. The van der Waals surface area contributed by atoms with E-state index >= 15 is 0 Å². The SMILES string of the molecule is Cc1nc2c(Cc3ccccc3)[n+](C)ccc2n1C. The molecular formula is C16H18N3+. The topological polar surface area (TPSA) is 21.7 Å². The van der Waals surface area contributed by atoms with Crippen LogP contribution < -0.4 is 4.57 Å². The average molecular weight is 252 g/mol. The molecule has 0 aliphatic carbocycles. The van der Waals surface area contributed by atoms with Gasteiger partial charge in [-0.3, -0.25) is 0 Å². The molecule has 0 fully saturated rings. The number of hydrogen-bond acceptors (Lipinski definition) is 1. The lowest BCUT2D eigenvalue weighted by Gasteiger charge is -2.02. The first-order valence-corrected chi connectivity index (χ1v) is 6.51. The summed E-state index contributed by atoms with van der Waals surface area (Å²) in [7, 11) is 4.15. The van der Waals surface area contributed by atoms with Crippen LogP contribution in [0.2, 0.25) is 0 Å². The molecule has 2 aromatic heterocycles. The standard InChI is InChI=1S/C16H18N3/c1-12-17-16-14(19(12)3)9-10-18(2)15(16)11-13-7-5-4-6-8-13/h4-10H,11H2,1-3H3/q+1. The zero-order chi connectivity index (χ0) is 13.4. The van der Waals surface area contributed by atoms with Gasteiger partial charge in [0.15, 0.2) is 11.7 Å². The summed E-state index contributed by atoms with van der Waals surface area (Å²) in [5.41, 5.74) is 4.87. The van der Waals surface area contributed by atoms with Gasteiger partial charge in [0.1, 0.15) is 12.9 Å². The normalized spacial score (nSPS) is 11.1. The molecule has 0 amide bonds. The zero-order valence-corrected chi connectivity index (χ0v) is 11.6. The molecule has 1 aromatic carbocycles. The van der Waals surface area contributed by atoms with Crippen LogP contribution in [0.1, 0.15) is 17.1 Å². The quantitative estimate of drug-likeness (QED) is 0.641. The Bertz CT molecular complexity index is 727. The van der Waals surface area contributed by atoms with E-state index in [2.05, 4.69) is 65.8 Å². The second-order valence-electron chi connectivity index (χ2n) is 4.99. The van der Waals surface area contributed by atoms with Gasteiger partial charge in [0.05, 0.1) is 11.9 Å². The smallest absolute Gasteiger partial charge is 0.213 e. The average Bonchev–Trinajstić information content (AvgIpc) is 2.71. The van der Waals surface area contributed by atoms with Gasteiger partial charge in [0.2, 0.25) is 5.69 Å². The van der Waals surface area contributed by atoms with E-state index in [1.54, 1.807) is 0 Å². The fraction of sp³-hybridized carbons (Fsp3) is 0.250. The maximum absolute atomic E-state index is 4.71. The Balaban J connectivity index is 2.17. The van der Waals surface area contributed by atoms with E-state index in [0.717, 1.165) is 17.8 Å². The molecular weight excluding hydrogens is 234 g/mol.